The van der Waals surface area contributed by atoms with Crippen LogP contribution < -0.4 is 0 Å². The average molecular weight is 1150 g/mol. The van der Waals surface area contributed by atoms with Crippen LogP contribution >= 0.6 is 0 Å². The lowest BCUT2D eigenvalue weighted by atomic mass is 9.83. The largest absolute Gasteiger partial charge is 0.394 e. The van der Waals surface area contributed by atoms with Gasteiger partial charge < -0.3 is 0 Å². The second kappa shape index (κ2) is 32.7. The number of benzene rings is 6. The van der Waals surface area contributed by atoms with Crippen LogP contribution in [0.2, 0.25) is 0 Å². The van der Waals surface area contributed by atoms with Crippen LogP contribution in [0, 0.1) is 65.2 Å². The third kappa shape index (κ3) is 27.2. The maximum Gasteiger partial charge on any atom is 0.394 e. The molecule has 3 heteroatoms. The fourth-order valence-corrected chi connectivity index (χ4v) is 10.7. The van der Waals surface area contributed by atoms with Crippen molar-refractivity contribution in [2.24, 2.45) is 16.7 Å². The van der Waals surface area contributed by atoms with Crippen LogP contribution in [0.5, 0.6) is 0 Å². The molecule has 0 unspecified atom stereocenters. The molecule has 6 aromatic carbocycles. The predicted molar refractivity (Wildman–Crippen MR) is 370 cm³/mol. The van der Waals surface area contributed by atoms with E-state index in [0.29, 0.717) is 29.1 Å². The highest BCUT2D eigenvalue weighted by atomic mass is 19.4. The molecule has 84 heavy (non-hydrogen) atoms. The smallest absolute Gasteiger partial charge is 0.171 e. The molecule has 0 nitrogen and oxygen atoms in total. The summed E-state index contributed by atoms with van der Waals surface area (Å²) < 4.78 is 38.6. The van der Waals surface area contributed by atoms with Crippen molar-refractivity contribution in [2.45, 2.75) is 280 Å². The molecule has 0 aliphatic heterocycles. The van der Waals surface area contributed by atoms with Gasteiger partial charge in [0, 0.05) is 0 Å². The second-order valence-corrected chi connectivity index (χ2v) is 31.0. The molecule has 0 N–H and O–H groups in total. The van der Waals surface area contributed by atoms with Crippen molar-refractivity contribution in [1.29, 1.82) is 0 Å². The molecule has 0 fully saturated rings. The second-order valence-electron chi connectivity index (χ2n) is 31.0. The molecule has 0 heterocycles. The third-order valence-corrected chi connectivity index (χ3v) is 15.6. The molecule has 6 rings (SSSR count). The van der Waals surface area contributed by atoms with Gasteiger partial charge in [0.1, 0.15) is 0 Å². The molecular formula is C81H123F3. The van der Waals surface area contributed by atoms with Crippen molar-refractivity contribution in [2.75, 3.05) is 0 Å². The monoisotopic (exact) mass is 1150 g/mol. The summed E-state index contributed by atoms with van der Waals surface area (Å²) in [5.41, 5.74) is 22.7. The lowest BCUT2D eigenvalue weighted by molar-refractivity contribution is -0.211. The normalized spacial score (nSPS) is 12.1. The Balaban J connectivity index is 0.000000507. The Morgan fingerprint density at radius 3 is 1.01 bits per heavy atom. The molecule has 0 aliphatic carbocycles. The number of hydrogen-bond donors (Lipinski definition) is 0. The minimum Gasteiger partial charge on any atom is -0.171 e. The van der Waals surface area contributed by atoms with Crippen molar-refractivity contribution < 1.29 is 13.2 Å². The molecule has 0 spiro atoms. The molecule has 6 aromatic rings. The Hall–Kier alpha value is -4.89. The Morgan fingerprint density at radius 2 is 0.679 bits per heavy atom. The van der Waals surface area contributed by atoms with Crippen LogP contribution in [0.3, 0.4) is 0 Å². The third-order valence-electron chi connectivity index (χ3n) is 15.6. The van der Waals surface area contributed by atoms with Gasteiger partial charge in [-0.2, -0.15) is 13.2 Å². The number of halogens is 3. The van der Waals surface area contributed by atoms with Crippen LogP contribution in [0.25, 0.3) is 0 Å². The van der Waals surface area contributed by atoms with E-state index in [4.69, 9.17) is 0 Å². The predicted octanol–water partition coefficient (Wildman–Crippen LogP) is 25.6. The highest BCUT2D eigenvalue weighted by molar-refractivity contribution is 5.39. The van der Waals surface area contributed by atoms with Gasteiger partial charge in [-0.1, -0.05) is 287 Å². The molecule has 0 atom stereocenters. The molecular weight excluding hydrogens is 1030 g/mol. The molecule has 0 amide bonds. The molecule has 0 radical (unpaired) electrons. The summed E-state index contributed by atoms with van der Waals surface area (Å²) in [6, 6.07) is 41.5. The first kappa shape index (κ1) is 77.1. The van der Waals surface area contributed by atoms with Crippen LogP contribution in [-0.2, 0) is 35.5 Å². The maximum absolute atomic E-state index is 12.9. The fourth-order valence-electron chi connectivity index (χ4n) is 10.7. The Morgan fingerprint density at radius 1 is 0.333 bits per heavy atom. The van der Waals surface area contributed by atoms with E-state index < -0.39 is 11.6 Å². The molecule has 468 valence electrons. The van der Waals surface area contributed by atoms with E-state index >= 15 is 0 Å². The van der Waals surface area contributed by atoms with Crippen molar-refractivity contribution in [3.05, 3.63) is 210 Å². The van der Waals surface area contributed by atoms with Crippen LogP contribution in [0.1, 0.15) is 284 Å². The highest BCUT2D eigenvalue weighted by Gasteiger charge is 2.47. The van der Waals surface area contributed by atoms with Crippen LogP contribution in [0.4, 0.5) is 13.2 Å². The van der Waals surface area contributed by atoms with Gasteiger partial charge in [-0.05, 0) is 208 Å². The Labute approximate surface area is 517 Å². The van der Waals surface area contributed by atoms with E-state index in [1.54, 1.807) is 6.07 Å². The summed E-state index contributed by atoms with van der Waals surface area (Å²) in [4.78, 5) is 0. The van der Waals surface area contributed by atoms with E-state index in [1.165, 1.54) is 98.2 Å². The van der Waals surface area contributed by atoms with Gasteiger partial charge >= 0.3 is 6.18 Å². The lowest BCUT2D eigenvalue weighted by Gasteiger charge is -2.28. The fraction of sp³-hybridized carbons (Fsp3) is 0.556. The van der Waals surface area contributed by atoms with Crippen molar-refractivity contribution in [3.8, 4) is 0 Å². The zero-order valence-corrected chi connectivity index (χ0v) is 59.6. The van der Waals surface area contributed by atoms with Crippen molar-refractivity contribution in [1.82, 2.24) is 0 Å². The summed E-state index contributed by atoms with van der Waals surface area (Å²) in [5.74, 6) is 2.97. The quantitative estimate of drug-likeness (QED) is 0.135. The highest BCUT2D eigenvalue weighted by Crippen LogP contribution is 2.41. The zero-order valence-electron chi connectivity index (χ0n) is 59.6. The lowest BCUT2D eigenvalue weighted by Crippen LogP contribution is -2.34. The van der Waals surface area contributed by atoms with Gasteiger partial charge in [-0.25, -0.2) is 0 Å². The Kier molecular flexibility index (Phi) is 30.1. The number of aryl methyl sites for hydroxylation is 7. The minimum atomic E-state index is -4.17. The van der Waals surface area contributed by atoms with Gasteiger partial charge in [0.2, 0.25) is 0 Å². The van der Waals surface area contributed by atoms with Crippen molar-refractivity contribution in [3.63, 3.8) is 0 Å². The molecule has 0 bridgehead atoms. The average Bonchev–Trinajstić information content (AvgIpc) is 3.49. The van der Waals surface area contributed by atoms with Gasteiger partial charge in [-0.15, -0.1) is 0 Å². The van der Waals surface area contributed by atoms with E-state index in [0.717, 1.165) is 29.0 Å². The first-order chi connectivity index (χ1) is 38.1. The van der Waals surface area contributed by atoms with Gasteiger partial charge in [0.05, 0.1) is 5.41 Å². The topological polar surface area (TPSA) is 0 Å². The zero-order chi connectivity index (χ0) is 65.3. The SMILES string of the molecule is Cc1ccc(C(C)(C)C)cc1C(C)C.Cc1ccc(C)c(C(C)(C)C)c1.Cc1ccc(CC(C)(C)C(F)(F)F)cc1C(C)C.Cc1ccc(CC(C)(C)C)cc1C(C)C.Cc1ccc(CC(C)C)cc1C(C)C.Cc1ccccc1C(C)(C)C. The summed E-state index contributed by atoms with van der Waals surface area (Å²) >= 11 is 0. The number of alkyl halides is 3. The molecule has 0 saturated carbocycles. The van der Waals surface area contributed by atoms with Crippen LogP contribution in [-0.4, -0.2) is 6.18 Å². The van der Waals surface area contributed by atoms with Crippen LogP contribution in [0.15, 0.2) is 115 Å². The van der Waals surface area contributed by atoms with E-state index in [-0.39, 0.29) is 22.7 Å². The van der Waals surface area contributed by atoms with E-state index in [9.17, 15) is 13.2 Å². The number of hydrogen-bond acceptors (Lipinski definition) is 0. The maximum atomic E-state index is 12.9. The van der Waals surface area contributed by atoms with Gasteiger partial charge in [-0.3, -0.25) is 0 Å². The molecule has 0 aromatic heterocycles. The summed E-state index contributed by atoms with van der Waals surface area (Å²) in [5, 5.41) is 0. The van der Waals surface area contributed by atoms with Gasteiger partial charge in [0.25, 0.3) is 0 Å². The van der Waals surface area contributed by atoms with E-state index in [2.05, 4.69) is 291 Å². The summed E-state index contributed by atoms with van der Waals surface area (Å²) in [7, 11) is 0. The molecule has 0 saturated heterocycles. The standard InChI is InChI=1S/C15H21F3.C15H24.2C14H22.C12H18.C11H16/c1-10(2)13-8-12(7-6-11(13)3)9-14(4,5)15(16,17)18;1-11(2)14-9-13(8-7-12(14)3)10-15(4,5)6;1-10(2)13-9-12(14(4,5)6)8-7-11(13)3;1-10(2)8-13-7-6-12(5)14(9-13)11(3)4;1-9-6-7-10(2)11(8-9)12(3,4)5;1-9-7-5-6-8-10(9)11(2,3)4/h6-8,10H,9H2,1-5H3;7-9,11H,10H2,1-6H3;7-10H,1-6H3;6-7,9-11H,8H2,1-5H3;6-8H,1-5H3;5-8H,1-4H3. The first-order valence-electron chi connectivity index (χ1n) is 31.7. The van der Waals surface area contributed by atoms with Gasteiger partial charge in [0.15, 0.2) is 0 Å². The summed E-state index contributed by atoms with van der Waals surface area (Å²) in [6.45, 7) is 67.0. The first-order valence-corrected chi connectivity index (χ1v) is 31.7. The molecule has 0 aliphatic rings. The van der Waals surface area contributed by atoms with Crippen molar-refractivity contribution >= 4 is 0 Å². The minimum absolute atomic E-state index is 0.0243. The Bertz CT molecular complexity index is 2900. The summed E-state index contributed by atoms with van der Waals surface area (Å²) in [6.07, 6.45) is -1.79. The van der Waals surface area contributed by atoms with E-state index in [1.807, 2.05) is 19.1 Å². The number of rotatable bonds is 9.